The summed E-state index contributed by atoms with van der Waals surface area (Å²) in [5, 5.41) is 0.663. The van der Waals surface area contributed by atoms with E-state index in [1.807, 2.05) is 35.2 Å². The van der Waals surface area contributed by atoms with Crippen molar-refractivity contribution in [2.75, 3.05) is 5.75 Å². The molecule has 2 atom stereocenters. The predicted molar refractivity (Wildman–Crippen MR) is 98.3 cm³/mol. The highest BCUT2D eigenvalue weighted by Gasteiger charge is 2.33. The first-order valence-corrected chi connectivity index (χ1v) is 9.30. The van der Waals surface area contributed by atoms with E-state index in [2.05, 4.69) is 0 Å². The highest BCUT2D eigenvalue weighted by Crippen LogP contribution is 2.41. The van der Waals surface area contributed by atoms with Crippen LogP contribution in [0.2, 0.25) is 5.02 Å². The van der Waals surface area contributed by atoms with E-state index in [4.69, 9.17) is 11.6 Å². The first-order valence-electron chi connectivity index (χ1n) is 7.87. The third-order valence-electron chi connectivity index (χ3n) is 4.22. The van der Waals surface area contributed by atoms with Crippen LogP contribution in [0.15, 0.2) is 54.6 Å². The molecule has 0 bridgehead atoms. The summed E-state index contributed by atoms with van der Waals surface area (Å²) in [6, 6.07) is 17.0. The van der Waals surface area contributed by atoms with E-state index in [0.717, 1.165) is 17.7 Å². The molecule has 1 heterocycles. The van der Waals surface area contributed by atoms with Crippen molar-refractivity contribution in [1.82, 2.24) is 4.90 Å². The second-order valence-corrected chi connectivity index (χ2v) is 7.32. The molecule has 3 rings (SSSR count). The summed E-state index contributed by atoms with van der Waals surface area (Å²) in [5.74, 6) is 0.942. The zero-order valence-electron chi connectivity index (χ0n) is 13.1. The number of hydrogen-bond acceptors (Lipinski definition) is 3. The SMILES string of the molecule is O=CN1C(CCC(=O)c2ccc(Cl)cc2)CSC1c1ccccc1. The van der Waals surface area contributed by atoms with Gasteiger partial charge in [0.1, 0.15) is 5.37 Å². The third-order valence-corrected chi connectivity index (χ3v) is 5.88. The number of halogens is 1. The fourth-order valence-corrected chi connectivity index (χ4v) is 4.52. The molecule has 1 fully saturated rings. The molecule has 124 valence electrons. The Morgan fingerprint density at radius 3 is 2.54 bits per heavy atom. The summed E-state index contributed by atoms with van der Waals surface area (Å²) in [5.41, 5.74) is 1.79. The van der Waals surface area contributed by atoms with E-state index in [9.17, 15) is 9.59 Å². The van der Waals surface area contributed by atoms with Crippen molar-refractivity contribution >= 4 is 35.6 Å². The van der Waals surface area contributed by atoms with Gasteiger partial charge >= 0.3 is 0 Å². The molecule has 5 heteroatoms. The Bertz CT molecular complexity index is 705. The van der Waals surface area contributed by atoms with Gasteiger partial charge in [0.2, 0.25) is 6.41 Å². The minimum Gasteiger partial charge on any atom is -0.325 e. The van der Waals surface area contributed by atoms with E-state index >= 15 is 0 Å². The summed E-state index contributed by atoms with van der Waals surface area (Å²) in [6.45, 7) is 0. The van der Waals surface area contributed by atoms with Gasteiger partial charge in [0.15, 0.2) is 5.78 Å². The van der Waals surface area contributed by atoms with Crippen LogP contribution in [-0.4, -0.2) is 28.9 Å². The Kier molecular flexibility index (Phi) is 5.59. The fraction of sp³-hybridized carbons (Fsp3) is 0.263. The summed E-state index contributed by atoms with van der Waals surface area (Å²) in [6.07, 6.45) is 2.02. The Hall–Kier alpha value is -1.78. The van der Waals surface area contributed by atoms with E-state index < -0.39 is 0 Å². The van der Waals surface area contributed by atoms with Gasteiger partial charge in [-0.2, -0.15) is 0 Å². The number of thioether (sulfide) groups is 1. The van der Waals surface area contributed by atoms with Gasteiger partial charge in [-0.1, -0.05) is 41.9 Å². The zero-order chi connectivity index (χ0) is 16.9. The number of carbonyl (C=O) groups excluding carboxylic acids is 2. The largest absolute Gasteiger partial charge is 0.325 e. The van der Waals surface area contributed by atoms with Gasteiger partial charge in [-0.05, 0) is 36.2 Å². The molecule has 24 heavy (non-hydrogen) atoms. The van der Waals surface area contributed by atoms with Gasteiger partial charge in [0.05, 0.1) is 0 Å². The van der Waals surface area contributed by atoms with Gasteiger partial charge < -0.3 is 4.90 Å². The van der Waals surface area contributed by atoms with E-state index in [0.29, 0.717) is 23.4 Å². The second kappa shape index (κ2) is 7.86. The Labute approximate surface area is 151 Å². The average Bonchev–Trinajstić information content (AvgIpc) is 3.04. The van der Waals surface area contributed by atoms with Crippen molar-refractivity contribution in [3.8, 4) is 0 Å². The van der Waals surface area contributed by atoms with Gasteiger partial charge in [0, 0.05) is 28.8 Å². The van der Waals surface area contributed by atoms with Crippen LogP contribution in [0.25, 0.3) is 0 Å². The van der Waals surface area contributed by atoms with Crippen molar-refractivity contribution in [3.63, 3.8) is 0 Å². The number of benzene rings is 2. The first-order chi connectivity index (χ1) is 11.7. The maximum absolute atomic E-state index is 12.3. The third kappa shape index (κ3) is 3.82. The van der Waals surface area contributed by atoms with E-state index in [-0.39, 0.29) is 17.2 Å². The van der Waals surface area contributed by atoms with Gasteiger partial charge in [-0.3, -0.25) is 9.59 Å². The van der Waals surface area contributed by atoms with Crippen LogP contribution in [0.4, 0.5) is 0 Å². The van der Waals surface area contributed by atoms with Crippen molar-refractivity contribution in [1.29, 1.82) is 0 Å². The molecule has 3 nitrogen and oxygen atoms in total. The molecule has 0 aromatic heterocycles. The van der Waals surface area contributed by atoms with Crippen LogP contribution in [-0.2, 0) is 4.79 Å². The predicted octanol–water partition coefficient (Wildman–Crippen LogP) is 4.58. The van der Waals surface area contributed by atoms with Gasteiger partial charge in [0.25, 0.3) is 0 Å². The smallest absolute Gasteiger partial charge is 0.211 e. The number of hydrogen-bond donors (Lipinski definition) is 0. The molecule has 1 amide bonds. The van der Waals surface area contributed by atoms with Crippen LogP contribution in [0.3, 0.4) is 0 Å². The molecule has 2 aromatic rings. The normalized spacial score (nSPS) is 20.1. The summed E-state index contributed by atoms with van der Waals surface area (Å²) in [4.78, 5) is 25.7. The van der Waals surface area contributed by atoms with Gasteiger partial charge in [-0.15, -0.1) is 11.8 Å². The highest BCUT2D eigenvalue weighted by atomic mass is 35.5. The van der Waals surface area contributed by atoms with E-state index in [1.54, 1.807) is 36.0 Å². The minimum absolute atomic E-state index is 0.0410. The molecule has 1 aliphatic heterocycles. The molecular formula is C19H18ClNO2S. The maximum Gasteiger partial charge on any atom is 0.211 e. The lowest BCUT2D eigenvalue weighted by molar-refractivity contribution is -0.120. The standard InChI is InChI=1S/C19H18ClNO2S/c20-16-8-6-14(7-9-16)18(23)11-10-17-12-24-19(21(17)13-22)15-4-2-1-3-5-15/h1-9,13,17,19H,10-12H2. The number of rotatable bonds is 6. The minimum atomic E-state index is 0.0410. The fourth-order valence-electron chi connectivity index (χ4n) is 2.90. The molecule has 1 saturated heterocycles. The summed E-state index contributed by atoms with van der Waals surface area (Å²) < 4.78 is 0. The van der Waals surface area contributed by atoms with Gasteiger partial charge in [-0.25, -0.2) is 0 Å². The molecule has 0 spiro atoms. The van der Waals surface area contributed by atoms with Crippen molar-refractivity contribution in [2.45, 2.75) is 24.3 Å². The molecule has 1 aliphatic rings. The Morgan fingerprint density at radius 1 is 1.17 bits per heavy atom. The Morgan fingerprint density at radius 2 is 1.88 bits per heavy atom. The quantitative estimate of drug-likeness (QED) is 0.559. The maximum atomic E-state index is 12.3. The van der Waals surface area contributed by atoms with Crippen LogP contribution >= 0.6 is 23.4 Å². The zero-order valence-corrected chi connectivity index (χ0v) is 14.7. The van der Waals surface area contributed by atoms with Crippen LogP contribution in [0.5, 0.6) is 0 Å². The van der Waals surface area contributed by atoms with Crippen LogP contribution < -0.4 is 0 Å². The van der Waals surface area contributed by atoms with Crippen LogP contribution in [0.1, 0.15) is 34.1 Å². The topological polar surface area (TPSA) is 37.4 Å². The monoisotopic (exact) mass is 359 g/mol. The highest BCUT2D eigenvalue weighted by molar-refractivity contribution is 7.99. The number of amides is 1. The van der Waals surface area contributed by atoms with E-state index in [1.165, 1.54) is 0 Å². The second-order valence-electron chi connectivity index (χ2n) is 5.77. The molecule has 0 aliphatic carbocycles. The molecule has 0 N–H and O–H groups in total. The molecule has 2 unspecified atom stereocenters. The molecule has 0 saturated carbocycles. The molecular weight excluding hydrogens is 342 g/mol. The number of Topliss-reactive ketones (excluding diaryl/α,β-unsaturated/α-hetero) is 1. The number of ketones is 1. The van der Waals surface area contributed by atoms with Crippen LogP contribution in [0, 0.1) is 0 Å². The molecule has 2 aromatic carbocycles. The first kappa shape index (κ1) is 17.1. The Balaban J connectivity index is 1.62. The average molecular weight is 360 g/mol. The summed E-state index contributed by atoms with van der Waals surface area (Å²) >= 11 is 7.60. The molecule has 0 radical (unpaired) electrons. The summed E-state index contributed by atoms with van der Waals surface area (Å²) in [7, 11) is 0. The lowest BCUT2D eigenvalue weighted by Crippen LogP contribution is -2.31. The number of carbonyl (C=O) groups is 2. The van der Waals surface area contributed by atoms with Crippen molar-refractivity contribution in [3.05, 3.63) is 70.7 Å². The van der Waals surface area contributed by atoms with Crippen molar-refractivity contribution < 1.29 is 9.59 Å². The van der Waals surface area contributed by atoms with Crippen molar-refractivity contribution in [2.24, 2.45) is 0 Å². The number of nitrogens with zero attached hydrogens (tertiary/aromatic N) is 1. The lowest BCUT2D eigenvalue weighted by atomic mass is 10.0. The lowest BCUT2D eigenvalue weighted by Gasteiger charge is -2.25.